The molecule has 130 valence electrons. The lowest BCUT2D eigenvalue weighted by molar-refractivity contribution is 0.282. The molecule has 1 aromatic heterocycles. The number of nitrogens with zero attached hydrogens (tertiary/aromatic N) is 1. The molecule has 0 spiro atoms. The molecule has 0 aliphatic heterocycles. The summed E-state index contributed by atoms with van der Waals surface area (Å²) in [6.45, 7) is 0.223. The minimum atomic E-state index is 0.223. The minimum Gasteiger partial charge on any atom is -0.396 e. The van der Waals surface area contributed by atoms with Crippen molar-refractivity contribution in [2.45, 2.75) is 18.8 Å². The normalized spacial score (nSPS) is 12.3. The third kappa shape index (κ3) is 3.16. The van der Waals surface area contributed by atoms with Crippen LogP contribution in [0.1, 0.15) is 29.9 Å². The van der Waals surface area contributed by atoms with E-state index in [1.54, 1.807) is 0 Å². The number of hydrogen-bond acceptors (Lipinski definition) is 1. The summed E-state index contributed by atoms with van der Waals surface area (Å²) < 4.78 is 2.28. The van der Waals surface area contributed by atoms with Crippen LogP contribution in [0.3, 0.4) is 0 Å². The predicted octanol–water partition coefficient (Wildman–Crippen LogP) is 5.53. The van der Waals surface area contributed by atoms with Gasteiger partial charge in [-0.25, -0.2) is 0 Å². The van der Waals surface area contributed by atoms with Gasteiger partial charge in [-0.1, -0.05) is 66.7 Å². The van der Waals surface area contributed by atoms with Gasteiger partial charge in [0, 0.05) is 29.8 Å². The zero-order chi connectivity index (χ0) is 17.8. The largest absolute Gasteiger partial charge is 0.396 e. The van der Waals surface area contributed by atoms with Crippen molar-refractivity contribution in [1.82, 2.24) is 4.57 Å². The van der Waals surface area contributed by atoms with E-state index in [9.17, 15) is 5.11 Å². The maximum absolute atomic E-state index is 9.40. The first kappa shape index (κ1) is 16.6. The predicted molar refractivity (Wildman–Crippen MR) is 108 cm³/mol. The molecular formula is C24H23NO. The van der Waals surface area contributed by atoms with Crippen LogP contribution in [0.4, 0.5) is 0 Å². The molecule has 0 aliphatic rings. The van der Waals surface area contributed by atoms with Gasteiger partial charge < -0.3 is 9.67 Å². The van der Waals surface area contributed by atoms with Gasteiger partial charge in [-0.05, 0) is 42.2 Å². The second-order valence-corrected chi connectivity index (χ2v) is 6.64. The van der Waals surface area contributed by atoms with E-state index in [4.69, 9.17) is 0 Å². The summed E-state index contributed by atoms with van der Waals surface area (Å²) in [6.07, 6.45) is 4.00. The molecule has 1 unspecified atom stereocenters. The van der Waals surface area contributed by atoms with Crippen molar-refractivity contribution in [3.8, 4) is 5.69 Å². The topological polar surface area (TPSA) is 25.2 Å². The molecule has 2 heteroatoms. The molecule has 0 saturated carbocycles. The molecule has 0 radical (unpaired) electrons. The van der Waals surface area contributed by atoms with Crippen molar-refractivity contribution >= 4 is 10.9 Å². The lowest BCUT2D eigenvalue weighted by atomic mass is 9.87. The first-order valence-corrected chi connectivity index (χ1v) is 9.19. The zero-order valence-corrected chi connectivity index (χ0v) is 14.8. The van der Waals surface area contributed by atoms with Gasteiger partial charge >= 0.3 is 0 Å². The Hall–Kier alpha value is -2.84. The summed E-state index contributed by atoms with van der Waals surface area (Å²) in [5.41, 5.74) is 5.02. The lowest BCUT2D eigenvalue weighted by Gasteiger charge is -2.17. The summed E-state index contributed by atoms with van der Waals surface area (Å²) in [7, 11) is 0. The van der Waals surface area contributed by atoms with Crippen LogP contribution in [-0.2, 0) is 0 Å². The highest BCUT2D eigenvalue weighted by Crippen LogP contribution is 2.36. The van der Waals surface area contributed by atoms with Crippen LogP contribution in [0, 0.1) is 0 Å². The third-order valence-electron chi connectivity index (χ3n) is 5.01. The van der Waals surface area contributed by atoms with Gasteiger partial charge in [0.05, 0.1) is 5.52 Å². The molecule has 4 rings (SSSR count). The summed E-state index contributed by atoms with van der Waals surface area (Å²) in [6, 6.07) is 29.7. The molecule has 2 nitrogen and oxygen atoms in total. The lowest BCUT2D eigenvalue weighted by Crippen LogP contribution is -2.02. The van der Waals surface area contributed by atoms with Crippen molar-refractivity contribution < 1.29 is 5.11 Å². The number of aliphatic hydroxyl groups excluding tert-OH is 1. The average Bonchev–Trinajstić information content (AvgIpc) is 3.10. The zero-order valence-electron chi connectivity index (χ0n) is 14.8. The van der Waals surface area contributed by atoms with Gasteiger partial charge in [-0.15, -0.1) is 0 Å². The van der Waals surface area contributed by atoms with E-state index in [0.29, 0.717) is 0 Å². The first-order valence-electron chi connectivity index (χ1n) is 9.19. The minimum absolute atomic E-state index is 0.223. The Bertz CT molecular complexity index is 973. The van der Waals surface area contributed by atoms with E-state index in [2.05, 4.69) is 89.6 Å². The molecule has 0 fully saturated rings. The number of benzene rings is 3. The van der Waals surface area contributed by atoms with Crippen molar-refractivity contribution in [2.75, 3.05) is 6.61 Å². The average molecular weight is 341 g/mol. The van der Waals surface area contributed by atoms with Crippen molar-refractivity contribution in [1.29, 1.82) is 0 Å². The number of hydrogen-bond donors (Lipinski definition) is 1. The molecule has 4 aromatic rings. The number of rotatable bonds is 6. The van der Waals surface area contributed by atoms with Crippen molar-refractivity contribution in [3.63, 3.8) is 0 Å². The van der Waals surface area contributed by atoms with Gasteiger partial charge in [-0.2, -0.15) is 0 Å². The van der Waals surface area contributed by atoms with Crippen LogP contribution in [0.5, 0.6) is 0 Å². The van der Waals surface area contributed by atoms with Gasteiger partial charge in [0.2, 0.25) is 0 Å². The highest BCUT2D eigenvalue weighted by Gasteiger charge is 2.19. The molecule has 3 aromatic carbocycles. The number of fused-ring (bicyclic) bond motifs is 1. The fraction of sp³-hybridized carbons (Fsp3) is 0.167. The number of para-hydroxylation sites is 2. The van der Waals surface area contributed by atoms with Crippen LogP contribution in [0.2, 0.25) is 0 Å². The highest BCUT2D eigenvalue weighted by atomic mass is 16.2. The Morgan fingerprint density at radius 1 is 0.769 bits per heavy atom. The van der Waals surface area contributed by atoms with E-state index in [1.165, 1.54) is 27.7 Å². The fourth-order valence-electron chi connectivity index (χ4n) is 3.77. The van der Waals surface area contributed by atoms with Gasteiger partial charge in [-0.3, -0.25) is 0 Å². The van der Waals surface area contributed by atoms with Gasteiger partial charge in [0.25, 0.3) is 0 Å². The maximum atomic E-state index is 9.40. The molecule has 0 saturated heterocycles. The molecule has 0 bridgehead atoms. The highest BCUT2D eigenvalue weighted by molar-refractivity contribution is 5.86. The van der Waals surface area contributed by atoms with E-state index < -0.39 is 0 Å². The van der Waals surface area contributed by atoms with E-state index in [1.807, 2.05) is 6.07 Å². The Balaban J connectivity index is 1.89. The van der Waals surface area contributed by atoms with Crippen LogP contribution in [-0.4, -0.2) is 16.3 Å². The Morgan fingerprint density at radius 3 is 2.15 bits per heavy atom. The van der Waals surface area contributed by atoms with Gasteiger partial charge in [0.15, 0.2) is 0 Å². The van der Waals surface area contributed by atoms with Gasteiger partial charge in [0.1, 0.15) is 0 Å². The van der Waals surface area contributed by atoms with Crippen LogP contribution >= 0.6 is 0 Å². The molecule has 1 atom stereocenters. The summed E-state index contributed by atoms with van der Waals surface area (Å²) >= 11 is 0. The Morgan fingerprint density at radius 2 is 1.42 bits per heavy atom. The molecular weight excluding hydrogens is 318 g/mol. The summed E-state index contributed by atoms with van der Waals surface area (Å²) in [5, 5.41) is 10.7. The Labute approximate surface area is 154 Å². The number of aromatic nitrogens is 1. The molecule has 0 aliphatic carbocycles. The van der Waals surface area contributed by atoms with E-state index in [-0.39, 0.29) is 12.5 Å². The third-order valence-corrected chi connectivity index (χ3v) is 5.01. The summed E-state index contributed by atoms with van der Waals surface area (Å²) in [5.74, 6) is 0.276. The Kier molecular flexibility index (Phi) is 4.85. The standard InChI is InChI=1S/C24H23NO/c26-17-9-15-21(19-10-3-1-4-11-19)23-18-25(20-12-5-2-6-13-20)24-16-8-7-14-22(23)24/h1-8,10-14,16,18,21,26H,9,15,17H2. The molecule has 0 amide bonds. The fourth-order valence-corrected chi connectivity index (χ4v) is 3.77. The van der Waals surface area contributed by atoms with E-state index in [0.717, 1.165) is 12.8 Å². The number of aliphatic hydroxyl groups is 1. The second-order valence-electron chi connectivity index (χ2n) is 6.64. The SMILES string of the molecule is OCCCC(c1ccccc1)c1cn(-c2ccccc2)c2ccccc12. The molecule has 26 heavy (non-hydrogen) atoms. The van der Waals surface area contributed by atoms with E-state index >= 15 is 0 Å². The smallest absolute Gasteiger partial charge is 0.0531 e. The maximum Gasteiger partial charge on any atom is 0.0531 e. The van der Waals surface area contributed by atoms with Crippen LogP contribution < -0.4 is 0 Å². The van der Waals surface area contributed by atoms with Crippen molar-refractivity contribution in [3.05, 3.63) is 102 Å². The van der Waals surface area contributed by atoms with Crippen LogP contribution in [0.25, 0.3) is 16.6 Å². The molecule has 1 N–H and O–H groups in total. The second kappa shape index (κ2) is 7.59. The molecule has 1 heterocycles. The van der Waals surface area contributed by atoms with Crippen molar-refractivity contribution in [2.24, 2.45) is 0 Å². The summed E-state index contributed by atoms with van der Waals surface area (Å²) in [4.78, 5) is 0. The quantitative estimate of drug-likeness (QED) is 0.490. The van der Waals surface area contributed by atoms with Crippen LogP contribution in [0.15, 0.2) is 91.1 Å². The monoisotopic (exact) mass is 341 g/mol. The first-order chi connectivity index (χ1) is 12.9.